The monoisotopic (exact) mass is 866 g/mol. The van der Waals surface area contributed by atoms with Gasteiger partial charge in [0.1, 0.15) is 11.4 Å². The molecule has 4 atom stereocenters. The van der Waals surface area contributed by atoms with E-state index in [1.165, 1.54) is 38.5 Å². The molecule has 360 valence electrons. The minimum Gasteiger partial charge on any atom is -0.488 e. The van der Waals surface area contributed by atoms with Gasteiger partial charge in [-0.15, -0.1) is 0 Å². The average Bonchev–Trinajstić information content (AvgIpc) is 3.16. The number of nitrogens with zero attached hydrogens (tertiary/aromatic N) is 1. The first-order chi connectivity index (χ1) is 28.7. The van der Waals surface area contributed by atoms with Crippen LogP contribution in [-0.2, 0) is 33.2 Å². The van der Waals surface area contributed by atoms with Crippen LogP contribution in [0.1, 0.15) is 181 Å². The van der Waals surface area contributed by atoms with Crippen LogP contribution >= 0.6 is 0 Å². The number of hydrogen-bond donors (Lipinski definition) is 0. The molecule has 0 amide bonds. The fraction of sp³-hybridized carbons (Fsp3) is 0.885. The van der Waals surface area contributed by atoms with Gasteiger partial charge in [-0.3, -0.25) is 0 Å². The Morgan fingerprint density at radius 2 is 0.885 bits per heavy atom. The van der Waals surface area contributed by atoms with Crippen molar-refractivity contribution in [1.82, 2.24) is 0 Å². The summed E-state index contributed by atoms with van der Waals surface area (Å²) in [6.45, 7) is 40.1. The SMILES string of the molecule is CCCCC(CC)COCC(CN(CC(COCC(CC)CCCC)OC(C)(C)CCOC(C)C)c1ccc(OC(C)(C)CCOC(C)C)cc1)OC(C)(C)CCOC(C)C. The minimum atomic E-state index is -0.422. The highest BCUT2D eigenvalue weighted by atomic mass is 16.6. The molecule has 1 rings (SSSR count). The van der Waals surface area contributed by atoms with Crippen molar-refractivity contribution in [2.45, 2.75) is 229 Å². The van der Waals surface area contributed by atoms with E-state index in [1.54, 1.807) is 0 Å². The van der Waals surface area contributed by atoms with E-state index in [0.717, 1.165) is 56.8 Å². The molecule has 0 aliphatic heterocycles. The summed E-state index contributed by atoms with van der Waals surface area (Å²) in [5.41, 5.74) is -0.149. The molecule has 0 spiro atoms. The van der Waals surface area contributed by atoms with E-state index in [4.69, 9.17) is 37.9 Å². The van der Waals surface area contributed by atoms with Crippen LogP contribution in [0.4, 0.5) is 5.69 Å². The Labute approximate surface area is 377 Å². The third-order valence-electron chi connectivity index (χ3n) is 11.3. The highest BCUT2D eigenvalue weighted by Crippen LogP contribution is 2.28. The Morgan fingerprint density at radius 3 is 1.23 bits per heavy atom. The van der Waals surface area contributed by atoms with Crippen LogP contribution in [0.25, 0.3) is 0 Å². The van der Waals surface area contributed by atoms with Gasteiger partial charge in [0.25, 0.3) is 0 Å². The van der Waals surface area contributed by atoms with Crippen LogP contribution in [0.5, 0.6) is 5.75 Å². The Morgan fingerprint density at radius 1 is 0.508 bits per heavy atom. The molecule has 0 saturated heterocycles. The Bertz CT molecular complexity index is 1130. The molecular weight excluding hydrogens is 767 g/mol. The van der Waals surface area contributed by atoms with Crippen molar-refractivity contribution in [3.05, 3.63) is 24.3 Å². The lowest BCUT2D eigenvalue weighted by atomic mass is 10.0. The molecule has 0 aliphatic rings. The Hall–Kier alpha value is -1.46. The lowest BCUT2D eigenvalue weighted by Crippen LogP contribution is -2.47. The molecular formula is C52H99NO8. The van der Waals surface area contributed by atoms with E-state index in [-0.39, 0.29) is 36.1 Å². The molecule has 61 heavy (non-hydrogen) atoms. The number of benzene rings is 1. The van der Waals surface area contributed by atoms with Crippen molar-refractivity contribution in [3.8, 4) is 5.75 Å². The normalized spacial score (nSPS) is 14.9. The zero-order valence-corrected chi connectivity index (χ0v) is 42.7. The van der Waals surface area contributed by atoms with Gasteiger partial charge in [0.15, 0.2) is 0 Å². The van der Waals surface area contributed by atoms with Crippen molar-refractivity contribution < 1.29 is 37.9 Å². The number of rotatable bonds is 39. The van der Waals surface area contributed by atoms with E-state index in [9.17, 15) is 0 Å². The molecule has 9 nitrogen and oxygen atoms in total. The van der Waals surface area contributed by atoms with Crippen molar-refractivity contribution >= 4 is 5.69 Å². The minimum absolute atomic E-state index is 0.171. The van der Waals surface area contributed by atoms with Gasteiger partial charge in [-0.1, -0.05) is 66.2 Å². The lowest BCUT2D eigenvalue weighted by molar-refractivity contribution is -0.120. The highest BCUT2D eigenvalue weighted by molar-refractivity contribution is 5.49. The fourth-order valence-corrected chi connectivity index (χ4v) is 7.29. The number of unbranched alkanes of at least 4 members (excludes halogenated alkanes) is 2. The summed E-state index contributed by atoms with van der Waals surface area (Å²) < 4.78 is 51.7. The topological polar surface area (TPSA) is 77.1 Å². The smallest absolute Gasteiger partial charge is 0.120 e. The summed E-state index contributed by atoms with van der Waals surface area (Å²) in [4.78, 5) is 2.41. The molecule has 9 heteroatoms. The van der Waals surface area contributed by atoms with Crippen molar-refractivity contribution in [3.63, 3.8) is 0 Å². The first-order valence-electron chi connectivity index (χ1n) is 24.6. The maximum absolute atomic E-state index is 7.06. The van der Waals surface area contributed by atoms with Gasteiger partial charge in [-0.25, -0.2) is 0 Å². The Kier molecular flexibility index (Phi) is 29.6. The highest BCUT2D eigenvalue weighted by Gasteiger charge is 2.31. The predicted octanol–water partition coefficient (Wildman–Crippen LogP) is 12.9. The zero-order valence-electron chi connectivity index (χ0n) is 42.7. The van der Waals surface area contributed by atoms with Crippen LogP contribution in [0.2, 0.25) is 0 Å². The molecule has 0 heterocycles. The molecule has 0 saturated carbocycles. The average molecular weight is 866 g/mol. The summed E-state index contributed by atoms with van der Waals surface area (Å²) in [6.07, 6.45) is 11.9. The van der Waals surface area contributed by atoms with Crippen LogP contribution in [-0.4, -0.2) is 107 Å². The molecule has 1 aromatic rings. The van der Waals surface area contributed by atoms with E-state index < -0.39 is 11.2 Å². The third kappa shape index (κ3) is 28.8. The van der Waals surface area contributed by atoms with Crippen LogP contribution < -0.4 is 9.64 Å². The maximum Gasteiger partial charge on any atom is 0.120 e. The molecule has 0 bridgehead atoms. The number of hydrogen-bond acceptors (Lipinski definition) is 9. The van der Waals surface area contributed by atoms with Crippen molar-refractivity contribution in [1.29, 1.82) is 0 Å². The second-order valence-electron chi connectivity index (χ2n) is 20.2. The van der Waals surface area contributed by atoms with Gasteiger partial charge >= 0.3 is 0 Å². The standard InChI is InChI=1S/C52H99NO8/c1-17-21-23-44(19-3)37-54-39-48(60-51(13,14)30-33-57-42(7)8)35-53(46-25-27-47(28-26-46)59-50(11,12)29-32-56-41(5)6)36-49(40-55-38-45(20-4)24-22-18-2)61-52(15,16)31-34-58-43(9)10/h25-28,41-45,48-49H,17-24,29-40H2,1-16H3. The largest absolute Gasteiger partial charge is 0.488 e. The number of anilines is 1. The molecule has 0 aliphatic carbocycles. The second kappa shape index (κ2) is 31.4. The zero-order chi connectivity index (χ0) is 45.9. The molecule has 4 unspecified atom stereocenters. The summed E-state index contributed by atoms with van der Waals surface area (Å²) >= 11 is 0. The molecule has 0 aromatic heterocycles. The van der Waals surface area contributed by atoms with Crippen molar-refractivity contribution in [2.75, 3.05) is 64.2 Å². The third-order valence-corrected chi connectivity index (χ3v) is 11.3. The van der Waals surface area contributed by atoms with Crippen molar-refractivity contribution in [2.24, 2.45) is 11.8 Å². The van der Waals surface area contributed by atoms with Crippen LogP contribution in [0.3, 0.4) is 0 Å². The summed E-state index contributed by atoms with van der Waals surface area (Å²) in [5.74, 6) is 1.91. The first-order valence-corrected chi connectivity index (χ1v) is 24.6. The summed E-state index contributed by atoms with van der Waals surface area (Å²) in [7, 11) is 0. The van der Waals surface area contributed by atoms with E-state index in [0.29, 0.717) is 58.0 Å². The quantitative estimate of drug-likeness (QED) is 0.0643. The van der Waals surface area contributed by atoms with Gasteiger partial charge in [0.05, 0.1) is 61.5 Å². The van der Waals surface area contributed by atoms with Gasteiger partial charge in [-0.2, -0.15) is 0 Å². The second-order valence-corrected chi connectivity index (χ2v) is 20.2. The first kappa shape index (κ1) is 57.6. The van der Waals surface area contributed by atoms with Crippen LogP contribution in [0.15, 0.2) is 24.3 Å². The molecule has 1 aromatic carbocycles. The maximum atomic E-state index is 7.06. The van der Waals surface area contributed by atoms with Crippen LogP contribution in [0, 0.1) is 11.8 Å². The Balaban J connectivity index is 3.63. The lowest BCUT2D eigenvalue weighted by Gasteiger charge is -2.38. The van der Waals surface area contributed by atoms with Gasteiger partial charge in [-0.05, 0) is 145 Å². The summed E-state index contributed by atoms with van der Waals surface area (Å²) in [5, 5.41) is 0. The molecule has 0 radical (unpaired) electrons. The van der Waals surface area contributed by atoms with Gasteiger partial charge in [0.2, 0.25) is 0 Å². The van der Waals surface area contributed by atoms with E-state index in [1.807, 2.05) is 0 Å². The molecule has 0 N–H and O–H groups in total. The fourth-order valence-electron chi connectivity index (χ4n) is 7.29. The van der Waals surface area contributed by atoms with Gasteiger partial charge < -0.3 is 42.8 Å². The van der Waals surface area contributed by atoms with Gasteiger partial charge in [0, 0.05) is 51.6 Å². The van der Waals surface area contributed by atoms with E-state index in [2.05, 4.69) is 140 Å². The summed E-state index contributed by atoms with van der Waals surface area (Å²) in [6, 6.07) is 8.52. The van der Waals surface area contributed by atoms with E-state index >= 15 is 0 Å². The number of ether oxygens (including phenoxy) is 8. The molecule has 0 fully saturated rings. The predicted molar refractivity (Wildman–Crippen MR) is 257 cm³/mol.